The van der Waals surface area contributed by atoms with E-state index < -0.39 is 0 Å². The van der Waals surface area contributed by atoms with Crippen molar-refractivity contribution in [2.75, 3.05) is 0 Å². The van der Waals surface area contributed by atoms with E-state index in [4.69, 9.17) is 0 Å². The fourth-order valence-corrected chi connectivity index (χ4v) is 0.395. The zero-order chi connectivity index (χ0) is 8.15. The smallest absolute Gasteiger partial charge is 0.173 e. The highest BCUT2D eigenvalue weighted by Crippen LogP contribution is 1.98. The van der Waals surface area contributed by atoms with E-state index in [1.807, 2.05) is 6.92 Å². The Morgan fingerprint density at radius 2 is 2.00 bits per heavy atom. The second-order valence-corrected chi connectivity index (χ2v) is 2.17. The Bertz CT molecular complexity index is 180. The zero-order valence-electron chi connectivity index (χ0n) is 6.77. The van der Waals surface area contributed by atoms with Crippen LogP contribution in [0.15, 0.2) is 17.3 Å². The monoisotopic (exact) mass is 139 g/mol. The predicted molar refractivity (Wildman–Crippen MR) is 43.2 cm³/mol. The summed E-state index contributed by atoms with van der Waals surface area (Å²) in [6, 6.07) is 0. The number of carbonyl (C=O) groups is 1. The molecule has 0 spiro atoms. The second-order valence-electron chi connectivity index (χ2n) is 2.17. The van der Waals surface area contributed by atoms with Gasteiger partial charge in [0.2, 0.25) is 0 Å². The summed E-state index contributed by atoms with van der Waals surface area (Å²) in [5.74, 6) is 0.00889. The predicted octanol–water partition coefficient (Wildman–Crippen LogP) is 1.96. The third-order valence-electron chi connectivity index (χ3n) is 1.24. The molecular formula is C8H13NO. The molecular weight excluding hydrogens is 126 g/mol. The maximum Gasteiger partial charge on any atom is 0.173 e. The van der Waals surface area contributed by atoms with Gasteiger partial charge in [-0.05, 0) is 13.3 Å². The van der Waals surface area contributed by atoms with Gasteiger partial charge in [-0.25, -0.2) is 0 Å². The van der Waals surface area contributed by atoms with Gasteiger partial charge < -0.3 is 0 Å². The van der Waals surface area contributed by atoms with Gasteiger partial charge in [0, 0.05) is 12.6 Å². The van der Waals surface area contributed by atoms with Crippen LogP contribution in [0.25, 0.3) is 0 Å². The first kappa shape index (κ1) is 9.08. The fraction of sp³-hybridized carbons (Fsp3) is 0.500. The van der Waals surface area contributed by atoms with Crippen molar-refractivity contribution in [3.05, 3.63) is 12.3 Å². The first-order valence-electron chi connectivity index (χ1n) is 3.32. The molecule has 56 valence electrons. The number of aliphatic imine (C=N–C) groups is 1. The van der Waals surface area contributed by atoms with E-state index in [0.717, 1.165) is 12.1 Å². The van der Waals surface area contributed by atoms with Gasteiger partial charge in [0.1, 0.15) is 0 Å². The average molecular weight is 139 g/mol. The lowest BCUT2D eigenvalue weighted by atomic mass is 10.3. The van der Waals surface area contributed by atoms with Crippen molar-refractivity contribution in [2.45, 2.75) is 27.2 Å². The van der Waals surface area contributed by atoms with Crippen molar-refractivity contribution < 1.29 is 4.79 Å². The molecule has 0 unspecified atom stereocenters. The van der Waals surface area contributed by atoms with Crippen molar-refractivity contribution >= 4 is 11.5 Å². The first-order valence-corrected chi connectivity index (χ1v) is 3.32. The van der Waals surface area contributed by atoms with Gasteiger partial charge in [-0.3, -0.25) is 9.79 Å². The molecule has 0 rings (SSSR count). The van der Waals surface area contributed by atoms with Crippen LogP contribution < -0.4 is 0 Å². The van der Waals surface area contributed by atoms with Crippen LogP contribution in [0, 0.1) is 0 Å². The minimum atomic E-state index is 0.00889. The number of rotatable bonds is 3. The van der Waals surface area contributed by atoms with Gasteiger partial charge in [0.05, 0.1) is 5.71 Å². The largest absolute Gasteiger partial charge is 0.293 e. The van der Waals surface area contributed by atoms with Gasteiger partial charge in [0.15, 0.2) is 5.78 Å². The average Bonchev–Trinajstić information content (AvgIpc) is 1.87. The molecule has 2 nitrogen and oxygen atoms in total. The Hall–Kier alpha value is -0.920. The van der Waals surface area contributed by atoms with Crippen LogP contribution in [-0.2, 0) is 4.79 Å². The molecule has 0 aromatic heterocycles. The highest BCUT2D eigenvalue weighted by molar-refractivity contribution is 6.38. The molecule has 0 fully saturated rings. The summed E-state index contributed by atoms with van der Waals surface area (Å²) >= 11 is 0. The van der Waals surface area contributed by atoms with Crippen molar-refractivity contribution in [1.29, 1.82) is 0 Å². The molecule has 0 aromatic rings. The SMILES string of the molecule is C=C(CC)N=C(C)C(C)=O. The summed E-state index contributed by atoms with van der Waals surface area (Å²) in [6.45, 7) is 8.81. The molecule has 0 saturated carbocycles. The van der Waals surface area contributed by atoms with Gasteiger partial charge in [0.25, 0.3) is 0 Å². The fourth-order valence-electron chi connectivity index (χ4n) is 0.395. The number of hydrogen-bond donors (Lipinski definition) is 0. The minimum Gasteiger partial charge on any atom is -0.293 e. The number of Topliss-reactive ketones (excluding diaryl/α,β-unsaturated/α-hetero) is 1. The Morgan fingerprint density at radius 1 is 1.50 bits per heavy atom. The van der Waals surface area contributed by atoms with Crippen molar-refractivity contribution in [1.82, 2.24) is 0 Å². The molecule has 0 N–H and O–H groups in total. The number of ketones is 1. The molecule has 0 amide bonds. The topological polar surface area (TPSA) is 29.4 Å². The van der Waals surface area contributed by atoms with E-state index in [2.05, 4.69) is 11.6 Å². The highest BCUT2D eigenvalue weighted by Gasteiger charge is 1.96. The van der Waals surface area contributed by atoms with Crippen LogP contribution in [0.5, 0.6) is 0 Å². The van der Waals surface area contributed by atoms with Crippen molar-refractivity contribution in [2.24, 2.45) is 4.99 Å². The van der Waals surface area contributed by atoms with Gasteiger partial charge in [-0.1, -0.05) is 13.5 Å². The Labute approximate surface area is 61.7 Å². The van der Waals surface area contributed by atoms with Crippen molar-refractivity contribution in [3.8, 4) is 0 Å². The maximum atomic E-state index is 10.6. The molecule has 0 atom stereocenters. The third kappa shape index (κ3) is 3.17. The number of hydrogen-bond acceptors (Lipinski definition) is 2. The molecule has 2 heteroatoms. The summed E-state index contributed by atoms with van der Waals surface area (Å²) < 4.78 is 0. The normalized spacial score (nSPS) is 11.3. The van der Waals surface area contributed by atoms with E-state index >= 15 is 0 Å². The van der Waals surface area contributed by atoms with Gasteiger partial charge >= 0.3 is 0 Å². The van der Waals surface area contributed by atoms with E-state index in [0.29, 0.717) is 5.71 Å². The van der Waals surface area contributed by atoms with E-state index in [9.17, 15) is 4.79 Å². The standard InChI is InChI=1S/C8H13NO/c1-5-6(2)9-7(3)8(4)10/h2,5H2,1,3-4H3. The summed E-state index contributed by atoms with van der Waals surface area (Å²) in [6.07, 6.45) is 0.796. The Balaban J connectivity index is 4.16. The van der Waals surface area contributed by atoms with Crippen LogP contribution in [-0.4, -0.2) is 11.5 Å². The molecule has 0 aliphatic carbocycles. The molecule has 0 heterocycles. The Kier molecular flexibility index (Phi) is 3.62. The number of allylic oxidation sites excluding steroid dienone is 1. The maximum absolute atomic E-state index is 10.6. The zero-order valence-corrected chi connectivity index (χ0v) is 6.77. The van der Waals surface area contributed by atoms with E-state index in [-0.39, 0.29) is 5.78 Å². The first-order chi connectivity index (χ1) is 4.57. The Morgan fingerprint density at radius 3 is 2.30 bits per heavy atom. The second kappa shape index (κ2) is 3.99. The number of carbonyl (C=O) groups excluding carboxylic acids is 1. The van der Waals surface area contributed by atoms with Crippen molar-refractivity contribution in [3.63, 3.8) is 0 Å². The molecule has 0 bridgehead atoms. The lowest BCUT2D eigenvalue weighted by Gasteiger charge is -1.94. The van der Waals surface area contributed by atoms with Crippen LogP contribution >= 0.6 is 0 Å². The van der Waals surface area contributed by atoms with E-state index in [1.54, 1.807) is 6.92 Å². The lowest BCUT2D eigenvalue weighted by molar-refractivity contribution is -0.111. The molecule has 0 aromatic carbocycles. The van der Waals surface area contributed by atoms with Crippen LogP contribution in [0.3, 0.4) is 0 Å². The molecule has 0 aliphatic heterocycles. The summed E-state index contributed by atoms with van der Waals surface area (Å²) in [5, 5.41) is 0. The van der Waals surface area contributed by atoms with Crippen LogP contribution in [0.1, 0.15) is 27.2 Å². The summed E-state index contributed by atoms with van der Waals surface area (Å²) in [7, 11) is 0. The summed E-state index contributed by atoms with van der Waals surface area (Å²) in [5.41, 5.74) is 1.29. The van der Waals surface area contributed by atoms with Gasteiger partial charge in [-0.2, -0.15) is 0 Å². The molecule has 0 aliphatic rings. The quantitative estimate of drug-likeness (QED) is 0.549. The summed E-state index contributed by atoms with van der Waals surface area (Å²) in [4.78, 5) is 14.6. The minimum absolute atomic E-state index is 0.00889. The van der Waals surface area contributed by atoms with Gasteiger partial charge in [-0.15, -0.1) is 0 Å². The highest BCUT2D eigenvalue weighted by atomic mass is 16.1. The third-order valence-corrected chi connectivity index (χ3v) is 1.24. The lowest BCUT2D eigenvalue weighted by Crippen LogP contribution is -2.04. The van der Waals surface area contributed by atoms with Crippen LogP contribution in [0.2, 0.25) is 0 Å². The van der Waals surface area contributed by atoms with Crippen LogP contribution in [0.4, 0.5) is 0 Å². The molecule has 0 radical (unpaired) electrons. The molecule has 10 heavy (non-hydrogen) atoms. The van der Waals surface area contributed by atoms with E-state index in [1.165, 1.54) is 6.92 Å². The number of nitrogens with zero attached hydrogens (tertiary/aromatic N) is 1. The molecule has 0 saturated heterocycles.